The van der Waals surface area contributed by atoms with Crippen molar-refractivity contribution >= 4 is 34.2 Å². The van der Waals surface area contributed by atoms with Gasteiger partial charge in [-0.25, -0.2) is 4.68 Å². The van der Waals surface area contributed by atoms with Gasteiger partial charge in [0.2, 0.25) is 11.8 Å². The Morgan fingerprint density at radius 2 is 1.71 bits per heavy atom. The zero-order chi connectivity index (χ0) is 24.9. The molecule has 1 saturated heterocycles. The second-order valence-corrected chi connectivity index (χ2v) is 8.63. The van der Waals surface area contributed by atoms with Gasteiger partial charge in [-0.3, -0.25) is 30.0 Å². The van der Waals surface area contributed by atoms with E-state index in [0.717, 1.165) is 24.9 Å². The number of nitrogens with one attached hydrogen (secondary N) is 2. The molecule has 9 nitrogen and oxygen atoms in total. The summed E-state index contributed by atoms with van der Waals surface area (Å²) in [5.41, 5.74) is 6.53. The Morgan fingerprint density at radius 3 is 2.40 bits per heavy atom. The summed E-state index contributed by atoms with van der Waals surface area (Å²) in [7, 11) is 0. The predicted octanol–water partition coefficient (Wildman–Crippen LogP) is 2.57. The number of anilines is 1. The van der Waals surface area contributed by atoms with Crippen LogP contribution in [0.1, 0.15) is 49.2 Å². The van der Waals surface area contributed by atoms with Crippen LogP contribution < -0.4 is 21.3 Å². The Morgan fingerprint density at radius 1 is 1.00 bits per heavy atom. The zero-order valence-corrected chi connectivity index (χ0v) is 19.9. The molecule has 0 radical (unpaired) electrons. The number of hydrogen-bond donors (Lipinski definition) is 2. The molecule has 1 fully saturated rings. The molecule has 1 unspecified atom stereocenters. The summed E-state index contributed by atoms with van der Waals surface area (Å²) in [6.07, 6.45) is 3.28. The van der Waals surface area contributed by atoms with Crippen LogP contribution in [0.3, 0.4) is 0 Å². The minimum Gasteiger partial charge on any atom is -0.312 e. The van der Waals surface area contributed by atoms with E-state index in [1.165, 1.54) is 10.2 Å². The molecule has 1 aromatic heterocycles. The van der Waals surface area contributed by atoms with Crippen molar-refractivity contribution in [3.8, 4) is 0 Å². The molecule has 35 heavy (non-hydrogen) atoms. The molecule has 2 N–H and O–H groups in total. The number of carbonyl (C=O) groups is 3. The number of rotatable bonds is 7. The number of fused-ring (bicyclic) bond motifs is 1. The SMILES string of the molecule is CCCCc1ccc(N2CC(C(=O)NNC(=O)c3nn(CC)c(=O)c4ccccc34)CC2=O)cc1. The number of unbranched alkanes of at least 4 members (excludes halogenated alkanes) is 1. The van der Waals surface area contributed by atoms with E-state index in [2.05, 4.69) is 22.9 Å². The van der Waals surface area contributed by atoms with E-state index in [-0.39, 0.29) is 30.1 Å². The van der Waals surface area contributed by atoms with Gasteiger partial charge >= 0.3 is 0 Å². The average Bonchev–Trinajstić information content (AvgIpc) is 3.28. The topological polar surface area (TPSA) is 113 Å². The van der Waals surface area contributed by atoms with Crippen molar-refractivity contribution in [2.24, 2.45) is 5.92 Å². The van der Waals surface area contributed by atoms with Crippen molar-refractivity contribution in [3.05, 3.63) is 70.1 Å². The molecular formula is C26H29N5O4. The summed E-state index contributed by atoms with van der Waals surface area (Å²) in [5.74, 6) is -1.83. The van der Waals surface area contributed by atoms with Gasteiger partial charge in [-0.15, -0.1) is 0 Å². The number of hydrazine groups is 1. The third kappa shape index (κ3) is 5.08. The summed E-state index contributed by atoms with van der Waals surface area (Å²) in [4.78, 5) is 52.2. The van der Waals surface area contributed by atoms with Crippen LogP contribution in [0.2, 0.25) is 0 Å². The van der Waals surface area contributed by atoms with Gasteiger partial charge in [0.15, 0.2) is 5.69 Å². The van der Waals surface area contributed by atoms with Crippen molar-refractivity contribution in [1.82, 2.24) is 20.6 Å². The normalized spacial score (nSPS) is 15.4. The van der Waals surface area contributed by atoms with Crippen LogP contribution in [0, 0.1) is 5.92 Å². The predicted molar refractivity (Wildman–Crippen MR) is 133 cm³/mol. The van der Waals surface area contributed by atoms with Crippen molar-refractivity contribution in [3.63, 3.8) is 0 Å². The van der Waals surface area contributed by atoms with Crippen LogP contribution in [0.4, 0.5) is 5.69 Å². The highest BCUT2D eigenvalue weighted by molar-refractivity contribution is 6.05. The molecule has 4 rings (SSSR count). The quantitative estimate of drug-likeness (QED) is 0.510. The van der Waals surface area contributed by atoms with Crippen LogP contribution >= 0.6 is 0 Å². The maximum absolute atomic E-state index is 12.8. The van der Waals surface area contributed by atoms with E-state index in [1.807, 2.05) is 24.3 Å². The highest BCUT2D eigenvalue weighted by Gasteiger charge is 2.35. The Hall–Kier alpha value is -4.01. The van der Waals surface area contributed by atoms with Crippen molar-refractivity contribution in [2.75, 3.05) is 11.4 Å². The molecule has 2 heterocycles. The molecule has 2 aromatic carbocycles. The lowest BCUT2D eigenvalue weighted by atomic mass is 10.1. The first-order valence-electron chi connectivity index (χ1n) is 11.9. The molecule has 0 bridgehead atoms. The van der Waals surface area contributed by atoms with Crippen LogP contribution in [-0.4, -0.2) is 34.0 Å². The monoisotopic (exact) mass is 475 g/mol. The molecule has 3 amide bonds. The maximum atomic E-state index is 12.8. The van der Waals surface area contributed by atoms with Crippen LogP contribution in [0.5, 0.6) is 0 Å². The lowest BCUT2D eigenvalue weighted by Crippen LogP contribution is -2.46. The molecule has 182 valence electrons. The van der Waals surface area contributed by atoms with Crippen LogP contribution in [-0.2, 0) is 22.6 Å². The van der Waals surface area contributed by atoms with Crippen LogP contribution in [0.15, 0.2) is 53.3 Å². The fraction of sp³-hybridized carbons (Fsp3) is 0.346. The van der Waals surface area contributed by atoms with E-state index in [4.69, 9.17) is 0 Å². The number of benzene rings is 2. The van der Waals surface area contributed by atoms with E-state index in [0.29, 0.717) is 17.3 Å². The first-order chi connectivity index (χ1) is 16.9. The molecule has 9 heteroatoms. The van der Waals surface area contributed by atoms with Gasteiger partial charge in [-0.05, 0) is 43.5 Å². The van der Waals surface area contributed by atoms with Gasteiger partial charge in [0.25, 0.3) is 11.5 Å². The second kappa shape index (κ2) is 10.5. The molecule has 0 spiro atoms. The van der Waals surface area contributed by atoms with Crippen molar-refractivity contribution in [2.45, 2.75) is 46.1 Å². The molecule has 0 aliphatic carbocycles. The number of carbonyl (C=O) groups excluding carboxylic acids is 3. The standard InChI is InChI=1S/C26H29N5O4/c1-3-5-8-17-11-13-19(14-12-17)30-16-18(15-22(30)32)24(33)27-28-25(34)23-20-9-6-7-10-21(20)26(35)31(4-2)29-23/h6-7,9-14,18H,3-5,8,15-16H2,1-2H3,(H,27,33)(H,28,34). The minimum atomic E-state index is -0.638. The first kappa shape index (κ1) is 24.1. The summed E-state index contributed by atoms with van der Waals surface area (Å²) < 4.78 is 1.21. The van der Waals surface area contributed by atoms with Gasteiger partial charge in [0.1, 0.15) is 0 Å². The number of nitrogens with zero attached hydrogens (tertiary/aromatic N) is 3. The third-order valence-corrected chi connectivity index (χ3v) is 6.24. The molecule has 1 aliphatic rings. The van der Waals surface area contributed by atoms with Crippen molar-refractivity contribution in [1.29, 1.82) is 0 Å². The van der Waals surface area contributed by atoms with E-state index in [9.17, 15) is 19.2 Å². The van der Waals surface area contributed by atoms with E-state index in [1.54, 1.807) is 36.1 Å². The molecular weight excluding hydrogens is 446 g/mol. The summed E-state index contributed by atoms with van der Waals surface area (Å²) in [5, 5.41) is 4.94. The van der Waals surface area contributed by atoms with Crippen molar-refractivity contribution < 1.29 is 14.4 Å². The lowest BCUT2D eigenvalue weighted by Gasteiger charge is -2.17. The molecule has 1 atom stereocenters. The van der Waals surface area contributed by atoms with E-state index >= 15 is 0 Å². The number of aromatic nitrogens is 2. The Bertz CT molecular complexity index is 1320. The lowest BCUT2D eigenvalue weighted by molar-refractivity contribution is -0.126. The van der Waals surface area contributed by atoms with Gasteiger partial charge < -0.3 is 4.90 Å². The maximum Gasteiger partial charge on any atom is 0.290 e. The van der Waals surface area contributed by atoms with Gasteiger partial charge in [0.05, 0.1) is 11.3 Å². The Balaban J connectivity index is 1.41. The van der Waals surface area contributed by atoms with Gasteiger partial charge in [-0.1, -0.05) is 43.7 Å². The van der Waals surface area contributed by atoms with Gasteiger partial charge in [0, 0.05) is 30.6 Å². The fourth-order valence-corrected chi connectivity index (χ4v) is 4.25. The number of hydrogen-bond acceptors (Lipinski definition) is 5. The largest absolute Gasteiger partial charge is 0.312 e. The van der Waals surface area contributed by atoms with E-state index < -0.39 is 17.7 Å². The van der Waals surface area contributed by atoms with Crippen LogP contribution in [0.25, 0.3) is 10.8 Å². The summed E-state index contributed by atoms with van der Waals surface area (Å²) >= 11 is 0. The average molecular weight is 476 g/mol. The number of aryl methyl sites for hydroxylation is 2. The summed E-state index contributed by atoms with van der Waals surface area (Å²) in [6, 6.07) is 14.5. The third-order valence-electron chi connectivity index (χ3n) is 6.24. The highest BCUT2D eigenvalue weighted by Crippen LogP contribution is 2.26. The Kier molecular flexibility index (Phi) is 7.24. The Labute approximate surface area is 203 Å². The molecule has 1 aliphatic heterocycles. The zero-order valence-electron chi connectivity index (χ0n) is 19.9. The minimum absolute atomic E-state index is 0.0367. The highest BCUT2D eigenvalue weighted by atomic mass is 16.2. The number of amides is 3. The smallest absolute Gasteiger partial charge is 0.290 e. The molecule has 0 saturated carbocycles. The fourth-order valence-electron chi connectivity index (χ4n) is 4.25. The van der Waals surface area contributed by atoms with Gasteiger partial charge in [-0.2, -0.15) is 5.10 Å². The molecule has 3 aromatic rings. The second-order valence-electron chi connectivity index (χ2n) is 8.63. The first-order valence-corrected chi connectivity index (χ1v) is 11.9. The summed E-state index contributed by atoms with van der Waals surface area (Å²) in [6.45, 7) is 4.44.